The topological polar surface area (TPSA) is 0 Å². The average molecular weight is 264 g/mol. The first kappa shape index (κ1) is 15.4. The van der Waals surface area contributed by atoms with Crippen LogP contribution in [0.3, 0.4) is 0 Å². The molecule has 2 aliphatic carbocycles. The lowest BCUT2D eigenvalue weighted by atomic mass is 9.62. The lowest BCUT2D eigenvalue weighted by Gasteiger charge is -2.44. The molecule has 0 amide bonds. The van der Waals surface area contributed by atoms with E-state index in [-0.39, 0.29) is 0 Å². The van der Waals surface area contributed by atoms with E-state index in [0.29, 0.717) is 10.8 Å². The molecular weight excluding hydrogens is 228 g/mol. The van der Waals surface area contributed by atoms with E-state index < -0.39 is 0 Å². The van der Waals surface area contributed by atoms with Crippen molar-refractivity contribution in [3.8, 4) is 0 Å². The van der Waals surface area contributed by atoms with Crippen LogP contribution >= 0.6 is 0 Å². The predicted molar refractivity (Wildman–Crippen MR) is 85.3 cm³/mol. The van der Waals surface area contributed by atoms with Crippen LogP contribution in [-0.2, 0) is 0 Å². The summed E-state index contributed by atoms with van der Waals surface area (Å²) >= 11 is 0. The minimum atomic E-state index is 0.628. The van der Waals surface area contributed by atoms with E-state index in [0.717, 1.165) is 17.8 Å². The first-order valence-corrected chi connectivity index (χ1v) is 8.83. The Hall–Kier alpha value is 0. The summed E-state index contributed by atoms with van der Waals surface area (Å²) in [5.74, 6) is 3.13. The summed E-state index contributed by atoms with van der Waals surface area (Å²) in [4.78, 5) is 0. The Bertz CT molecular complexity index is 238. The molecule has 0 atom stereocenters. The minimum absolute atomic E-state index is 0.628. The van der Waals surface area contributed by atoms with Crippen molar-refractivity contribution in [2.75, 3.05) is 0 Å². The smallest absolute Gasteiger partial charge is 0.0354 e. The Kier molecular flexibility index (Phi) is 4.68. The molecule has 0 aliphatic heterocycles. The molecule has 0 unspecified atom stereocenters. The maximum atomic E-state index is 2.47. The highest BCUT2D eigenvalue weighted by Crippen LogP contribution is 2.48. The molecule has 0 N–H and O–H groups in total. The number of hydrogen-bond acceptors (Lipinski definition) is 0. The largest absolute Gasteiger partial charge is 0.0651 e. The van der Waals surface area contributed by atoms with Crippen LogP contribution in [0.25, 0.3) is 0 Å². The molecule has 2 aliphatic rings. The maximum Gasteiger partial charge on any atom is -0.0354 e. The van der Waals surface area contributed by atoms with E-state index in [1.165, 1.54) is 57.8 Å². The van der Waals surface area contributed by atoms with Gasteiger partial charge in [0.2, 0.25) is 0 Å². The zero-order chi connectivity index (χ0) is 14.1. The van der Waals surface area contributed by atoms with E-state index in [2.05, 4.69) is 34.6 Å². The van der Waals surface area contributed by atoms with Crippen LogP contribution in [0.5, 0.6) is 0 Å². The summed E-state index contributed by atoms with van der Waals surface area (Å²) in [5.41, 5.74) is 1.26. The highest BCUT2D eigenvalue weighted by atomic mass is 14.4. The molecular formula is C19H36. The van der Waals surface area contributed by atoms with Crippen molar-refractivity contribution < 1.29 is 0 Å². The van der Waals surface area contributed by atoms with Crippen LogP contribution in [-0.4, -0.2) is 0 Å². The molecule has 0 heteroatoms. The Morgan fingerprint density at radius 3 is 1.32 bits per heavy atom. The molecule has 2 saturated carbocycles. The molecule has 2 fully saturated rings. The number of rotatable bonds is 3. The van der Waals surface area contributed by atoms with Crippen molar-refractivity contribution in [1.29, 1.82) is 0 Å². The summed E-state index contributed by atoms with van der Waals surface area (Å²) in [6, 6.07) is 0. The number of hydrogen-bond donors (Lipinski definition) is 0. The van der Waals surface area contributed by atoms with Gasteiger partial charge in [0.25, 0.3) is 0 Å². The van der Waals surface area contributed by atoms with Gasteiger partial charge in [0.15, 0.2) is 0 Å². The van der Waals surface area contributed by atoms with Crippen molar-refractivity contribution in [3.63, 3.8) is 0 Å². The van der Waals surface area contributed by atoms with E-state index in [1.807, 2.05) is 0 Å². The summed E-state index contributed by atoms with van der Waals surface area (Å²) in [6.45, 7) is 12.3. The highest BCUT2D eigenvalue weighted by Gasteiger charge is 2.36. The van der Waals surface area contributed by atoms with E-state index in [9.17, 15) is 0 Å². The van der Waals surface area contributed by atoms with Gasteiger partial charge in [-0.25, -0.2) is 0 Å². The van der Waals surface area contributed by atoms with Crippen LogP contribution in [0.15, 0.2) is 0 Å². The van der Waals surface area contributed by atoms with Gasteiger partial charge in [0.05, 0.1) is 0 Å². The molecule has 0 aromatic rings. The van der Waals surface area contributed by atoms with E-state index >= 15 is 0 Å². The fourth-order valence-electron chi connectivity index (χ4n) is 4.75. The quantitative estimate of drug-likeness (QED) is 0.550. The summed E-state index contributed by atoms with van der Waals surface area (Å²) in [5, 5.41) is 0. The predicted octanol–water partition coefficient (Wildman–Crippen LogP) is 6.45. The molecule has 0 nitrogen and oxygen atoms in total. The van der Waals surface area contributed by atoms with Gasteiger partial charge >= 0.3 is 0 Å². The summed E-state index contributed by atoms with van der Waals surface area (Å²) in [7, 11) is 0. The van der Waals surface area contributed by atoms with E-state index in [4.69, 9.17) is 0 Å². The Labute approximate surface area is 121 Å². The molecule has 112 valence electrons. The van der Waals surface area contributed by atoms with Crippen LogP contribution < -0.4 is 0 Å². The monoisotopic (exact) mass is 264 g/mol. The molecule has 0 aromatic heterocycles. The second-order valence-corrected chi connectivity index (χ2v) is 9.08. The fourth-order valence-corrected chi connectivity index (χ4v) is 4.75. The van der Waals surface area contributed by atoms with Crippen LogP contribution in [0, 0.1) is 28.6 Å². The molecule has 0 saturated heterocycles. The zero-order valence-electron chi connectivity index (χ0n) is 14.1. The molecule has 0 heterocycles. The van der Waals surface area contributed by atoms with Gasteiger partial charge in [-0.2, -0.15) is 0 Å². The summed E-state index contributed by atoms with van der Waals surface area (Å²) in [6.07, 6.45) is 13.3. The van der Waals surface area contributed by atoms with E-state index in [1.54, 1.807) is 0 Å². The van der Waals surface area contributed by atoms with Crippen LogP contribution in [0.1, 0.15) is 92.4 Å². The van der Waals surface area contributed by atoms with Gasteiger partial charge in [0, 0.05) is 0 Å². The van der Waals surface area contributed by atoms with Gasteiger partial charge < -0.3 is 0 Å². The van der Waals surface area contributed by atoms with Crippen molar-refractivity contribution in [1.82, 2.24) is 0 Å². The Morgan fingerprint density at radius 2 is 1.05 bits per heavy atom. The van der Waals surface area contributed by atoms with Crippen molar-refractivity contribution in [2.24, 2.45) is 28.6 Å². The molecule has 0 spiro atoms. The second kappa shape index (κ2) is 5.78. The third-order valence-electron chi connectivity index (χ3n) is 6.45. The van der Waals surface area contributed by atoms with Gasteiger partial charge in [-0.1, -0.05) is 41.0 Å². The molecule has 2 rings (SSSR count). The fraction of sp³-hybridized carbons (Fsp3) is 1.00. The lowest BCUT2D eigenvalue weighted by Crippen LogP contribution is -2.33. The molecule has 0 radical (unpaired) electrons. The maximum absolute atomic E-state index is 2.47. The molecule has 0 bridgehead atoms. The SMILES string of the molecule is CCC(C1CCC(C)(C)CC1)C1CCC(C)(C)CC1. The third-order valence-corrected chi connectivity index (χ3v) is 6.45. The first-order valence-electron chi connectivity index (χ1n) is 8.83. The van der Waals surface area contributed by atoms with Crippen molar-refractivity contribution >= 4 is 0 Å². The first-order chi connectivity index (χ1) is 8.83. The zero-order valence-corrected chi connectivity index (χ0v) is 14.1. The lowest BCUT2D eigenvalue weighted by molar-refractivity contribution is 0.0725. The van der Waals surface area contributed by atoms with Gasteiger partial charge in [-0.15, -0.1) is 0 Å². The molecule has 19 heavy (non-hydrogen) atoms. The highest BCUT2D eigenvalue weighted by molar-refractivity contribution is 4.88. The van der Waals surface area contributed by atoms with Crippen LogP contribution in [0.4, 0.5) is 0 Å². The second-order valence-electron chi connectivity index (χ2n) is 9.08. The van der Waals surface area contributed by atoms with Crippen molar-refractivity contribution in [3.05, 3.63) is 0 Å². The standard InChI is InChI=1S/C19H36/c1-6-17(15-7-11-18(2,3)12-8-15)16-9-13-19(4,5)14-10-16/h15-17H,6-14H2,1-5H3. The average Bonchev–Trinajstić information content (AvgIpc) is 2.34. The van der Waals surface area contributed by atoms with Crippen LogP contribution in [0.2, 0.25) is 0 Å². The molecule has 0 aromatic carbocycles. The Morgan fingerprint density at radius 1 is 0.737 bits per heavy atom. The third kappa shape index (κ3) is 3.99. The summed E-state index contributed by atoms with van der Waals surface area (Å²) < 4.78 is 0. The normalized spacial score (nSPS) is 28.7. The van der Waals surface area contributed by atoms with Gasteiger partial charge in [-0.05, 0) is 80.0 Å². The van der Waals surface area contributed by atoms with Gasteiger partial charge in [-0.3, -0.25) is 0 Å². The minimum Gasteiger partial charge on any atom is -0.0651 e. The Balaban J connectivity index is 1.90. The van der Waals surface area contributed by atoms with Crippen molar-refractivity contribution in [2.45, 2.75) is 92.4 Å². The van der Waals surface area contributed by atoms with Gasteiger partial charge in [0.1, 0.15) is 0 Å².